The molecule has 112 valence electrons. The van der Waals surface area contributed by atoms with E-state index in [1.807, 2.05) is 0 Å². The summed E-state index contributed by atoms with van der Waals surface area (Å²) in [7, 11) is 2.25. The molecule has 2 rings (SSSR count). The Labute approximate surface area is 123 Å². The number of aromatic nitrogens is 2. The van der Waals surface area contributed by atoms with E-state index < -0.39 is 0 Å². The molecule has 0 unspecified atom stereocenters. The van der Waals surface area contributed by atoms with E-state index in [4.69, 9.17) is 0 Å². The highest BCUT2D eigenvalue weighted by atomic mass is 15.1. The lowest BCUT2D eigenvalue weighted by Gasteiger charge is -2.34. The Morgan fingerprint density at radius 3 is 2.50 bits per heavy atom. The van der Waals surface area contributed by atoms with Crippen molar-refractivity contribution in [2.24, 2.45) is 5.92 Å². The Kier molecular flexibility index (Phi) is 5.53. The number of nitrogens with zero attached hydrogens (tertiary/aromatic N) is 3. The van der Waals surface area contributed by atoms with Gasteiger partial charge in [0.15, 0.2) is 0 Å². The predicted octanol–water partition coefficient (Wildman–Crippen LogP) is 3.65. The van der Waals surface area contributed by atoms with E-state index in [2.05, 4.69) is 48.8 Å². The van der Waals surface area contributed by atoms with Crippen molar-refractivity contribution in [1.82, 2.24) is 14.9 Å². The molecule has 0 saturated heterocycles. The van der Waals surface area contributed by atoms with Gasteiger partial charge in [0.1, 0.15) is 6.33 Å². The fourth-order valence-corrected chi connectivity index (χ4v) is 3.19. The van der Waals surface area contributed by atoms with E-state index in [-0.39, 0.29) is 0 Å². The van der Waals surface area contributed by atoms with Crippen LogP contribution in [0.4, 0.5) is 0 Å². The van der Waals surface area contributed by atoms with Gasteiger partial charge in [-0.25, -0.2) is 9.97 Å². The summed E-state index contributed by atoms with van der Waals surface area (Å²) >= 11 is 0. The molecule has 20 heavy (non-hydrogen) atoms. The lowest BCUT2D eigenvalue weighted by molar-refractivity contribution is 0.171. The minimum atomic E-state index is 0.491. The molecule has 0 aliphatic heterocycles. The molecule has 1 aliphatic rings. The third-order valence-electron chi connectivity index (χ3n) is 4.77. The predicted molar refractivity (Wildman–Crippen MR) is 83.9 cm³/mol. The van der Waals surface area contributed by atoms with Gasteiger partial charge in [-0.2, -0.15) is 0 Å². The van der Waals surface area contributed by atoms with Gasteiger partial charge in [-0.15, -0.1) is 0 Å². The first-order valence-corrected chi connectivity index (χ1v) is 8.11. The zero-order valence-electron chi connectivity index (χ0n) is 13.5. The van der Waals surface area contributed by atoms with Crippen LogP contribution in [0.2, 0.25) is 0 Å². The van der Waals surface area contributed by atoms with Crippen LogP contribution in [-0.2, 0) is 6.42 Å². The highest BCUT2D eigenvalue weighted by Gasteiger charge is 2.23. The van der Waals surface area contributed by atoms with E-state index in [0.717, 1.165) is 18.4 Å². The van der Waals surface area contributed by atoms with Gasteiger partial charge in [-0.05, 0) is 63.6 Å². The van der Waals surface area contributed by atoms with Crippen LogP contribution in [0.5, 0.6) is 0 Å². The monoisotopic (exact) mass is 275 g/mol. The third kappa shape index (κ3) is 4.02. The summed E-state index contributed by atoms with van der Waals surface area (Å²) < 4.78 is 0. The summed E-state index contributed by atoms with van der Waals surface area (Å²) in [5.41, 5.74) is 2.41. The molecule has 0 atom stereocenters. The Bertz CT molecular complexity index is 408. The zero-order valence-corrected chi connectivity index (χ0v) is 13.5. The molecular formula is C17H29N3. The largest absolute Gasteiger partial charge is 0.304 e. The standard InChI is InChI=1S/C17H29N3/c1-5-20(4)16-8-6-14(7-9-16)10-15-11-17(13(2)3)19-12-18-15/h11-14,16H,5-10H2,1-4H3. The van der Waals surface area contributed by atoms with Gasteiger partial charge in [0.25, 0.3) is 0 Å². The molecule has 3 heteroatoms. The van der Waals surface area contributed by atoms with E-state index in [0.29, 0.717) is 5.92 Å². The van der Waals surface area contributed by atoms with Crippen molar-refractivity contribution < 1.29 is 0 Å². The van der Waals surface area contributed by atoms with Crippen molar-refractivity contribution in [1.29, 1.82) is 0 Å². The molecule has 0 amide bonds. The molecular weight excluding hydrogens is 246 g/mol. The first-order chi connectivity index (χ1) is 9.60. The average molecular weight is 275 g/mol. The van der Waals surface area contributed by atoms with Crippen molar-refractivity contribution >= 4 is 0 Å². The number of hydrogen-bond donors (Lipinski definition) is 0. The summed E-state index contributed by atoms with van der Waals surface area (Å²) in [6.07, 6.45) is 8.24. The maximum absolute atomic E-state index is 4.46. The van der Waals surface area contributed by atoms with E-state index in [9.17, 15) is 0 Å². The molecule has 0 spiro atoms. The SMILES string of the molecule is CCN(C)C1CCC(Cc2cc(C(C)C)ncn2)CC1. The van der Waals surface area contributed by atoms with Crippen LogP contribution in [0.15, 0.2) is 12.4 Å². The van der Waals surface area contributed by atoms with Crippen LogP contribution in [0.3, 0.4) is 0 Å². The van der Waals surface area contributed by atoms with Crippen molar-refractivity contribution in [2.45, 2.75) is 64.8 Å². The Hall–Kier alpha value is -0.960. The van der Waals surface area contributed by atoms with Crippen LogP contribution in [-0.4, -0.2) is 34.5 Å². The second kappa shape index (κ2) is 7.16. The molecule has 0 radical (unpaired) electrons. The zero-order chi connectivity index (χ0) is 14.5. The second-order valence-corrected chi connectivity index (χ2v) is 6.54. The molecule has 1 fully saturated rings. The normalized spacial score (nSPS) is 23.5. The van der Waals surface area contributed by atoms with Crippen LogP contribution >= 0.6 is 0 Å². The van der Waals surface area contributed by atoms with Gasteiger partial charge in [0.05, 0.1) is 0 Å². The lowest BCUT2D eigenvalue weighted by Crippen LogP contribution is -2.35. The van der Waals surface area contributed by atoms with Gasteiger partial charge < -0.3 is 4.90 Å². The Morgan fingerprint density at radius 1 is 1.20 bits per heavy atom. The lowest BCUT2D eigenvalue weighted by atomic mass is 9.82. The van der Waals surface area contributed by atoms with E-state index in [1.165, 1.54) is 43.6 Å². The summed E-state index contributed by atoms with van der Waals surface area (Å²) in [5.74, 6) is 1.30. The molecule has 0 aromatic carbocycles. The first kappa shape index (κ1) is 15.4. The minimum Gasteiger partial charge on any atom is -0.304 e. The summed E-state index contributed by atoms with van der Waals surface area (Å²) in [6.45, 7) is 7.80. The molecule has 1 aliphatic carbocycles. The molecule has 0 N–H and O–H groups in total. The van der Waals surface area contributed by atoms with Crippen LogP contribution in [0.1, 0.15) is 63.8 Å². The van der Waals surface area contributed by atoms with Gasteiger partial charge in [0, 0.05) is 17.4 Å². The van der Waals surface area contributed by atoms with E-state index >= 15 is 0 Å². The molecule has 1 heterocycles. The summed E-state index contributed by atoms with van der Waals surface area (Å²) in [4.78, 5) is 11.3. The molecule has 3 nitrogen and oxygen atoms in total. The molecule has 1 aromatic heterocycles. The highest BCUT2D eigenvalue weighted by molar-refractivity contribution is 5.12. The summed E-state index contributed by atoms with van der Waals surface area (Å²) in [6, 6.07) is 3.00. The van der Waals surface area contributed by atoms with E-state index in [1.54, 1.807) is 6.33 Å². The third-order valence-corrected chi connectivity index (χ3v) is 4.77. The highest BCUT2D eigenvalue weighted by Crippen LogP contribution is 2.29. The van der Waals surface area contributed by atoms with Crippen LogP contribution in [0, 0.1) is 5.92 Å². The van der Waals surface area contributed by atoms with Crippen molar-refractivity contribution in [3.8, 4) is 0 Å². The second-order valence-electron chi connectivity index (χ2n) is 6.54. The van der Waals surface area contributed by atoms with Crippen LogP contribution in [0.25, 0.3) is 0 Å². The fraction of sp³-hybridized carbons (Fsp3) is 0.765. The quantitative estimate of drug-likeness (QED) is 0.821. The van der Waals surface area contributed by atoms with Gasteiger partial charge in [-0.1, -0.05) is 20.8 Å². The van der Waals surface area contributed by atoms with Gasteiger partial charge >= 0.3 is 0 Å². The molecule has 1 saturated carbocycles. The topological polar surface area (TPSA) is 29.0 Å². The Morgan fingerprint density at radius 2 is 1.90 bits per heavy atom. The van der Waals surface area contributed by atoms with Crippen molar-refractivity contribution in [3.05, 3.63) is 23.8 Å². The maximum atomic E-state index is 4.46. The maximum Gasteiger partial charge on any atom is 0.115 e. The molecule has 1 aromatic rings. The van der Waals surface area contributed by atoms with Crippen molar-refractivity contribution in [2.75, 3.05) is 13.6 Å². The van der Waals surface area contributed by atoms with Gasteiger partial charge in [0.2, 0.25) is 0 Å². The summed E-state index contributed by atoms with van der Waals surface area (Å²) in [5, 5.41) is 0. The first-order valence-electron chi connectivity index (χ1n) is 8.11. The van der Waals surface area contributed by atoms with Gasteiger partial charge in [-0.3, -0.25) is 0 Å². The minimum absolute atomic E-state index is 0.491. The Balaban J connectivity index is 1.88. The fourth-order valence-electron chi connectivity index (χ4n) is 3.19. The van der Waals surface area contributed by atoms with Crippen LogP contribution < -0.4 is 0 Å². The molecule has 0 bridgehead atoms. The number of rotatable bonds is 5. The van der Waals surface area contributed by atoms with Crippen molar-refractivity contribution in [3.63, 3.8) is 0 Å². The average Bonchev–Trinajstić information content (AvgIpc) is 2.47. The number of hydrogen-bond acceptors (Lipinski definition) is 3. The smallest absolute Gasteiger partial charge is 0.115 e.